The molecule has 1 atom stereocenters. The lowest BCUT2D eigenvalue weighted by Crippen LogP contribution is -2.29. The van der Waals surface area contributed by atoms with Crippen molar-refractivity contribution in [3.8, 4) is 0 Å². The Kier molecular flexibility index (Phi) is 4.80. The van der Waals surface area contributed by atoms with E-state index < -0.39 is 16.1 Å². The highest BCUT2D eigenvalue weighted by Gasteiger charge is 2.15. The third-order valence-corrected chi connectivity index (χ3v) is 3.96. The average molecular weight is 278 g/mol. The van der Waals surface area contributed by atoms with Gasteiger partial charge in [-0.05, 0) is 24.6 Å². The van der Waals surface area contributed by atoms with E-state index in [1.165, 1.54) is 4.31 Å². The lowest BCUT2D eigenvalue weighted by molar-refractivity contribution is 0.202. The van der Waals surface area contributed by atoms with E-state index in [0.717, 1.165) is 6.26 Å². The summed E-state index contributed by atoms with van der Waals surface area (Å²) in [5.41, 5.74) is 1.26. The highest BCUT2D eigenvalue weighted by atomic mass is 35.5. The van der Waals surface area contributed by atoms with Gasteiger partial charge in [0.25, 0.3) is 0 Å². The van der Waals surface area contributed by atoms with Crippen molar-refractivity contribution < 1.29 is 13.5 Å². The maximum atomic E-state index is 11.5. The lowest BCUT2D eigenvalue weighted by Gasteiger charge is -2.20. The SMILES string of the molecule is CCN(c1ccc(C(O)CCl)cc1)S(C)(=O)=O. The number of alkyl halides is 1. The predicted octanol–water partition coefficient (Wildman–Crippen LogP) is 1.74. The summed E-state index contributed by atoms with van der Waals surface area (Å²) in [6.07, 6.45) is 0.442. The Bertz CT molecular complexity index is 458. The van der Waals surface area contributed by atoms with Crippen LogP contribution in [-0.4, -0.2) is 32.2 Å². The second kappa shape index (κ2) is 5.71. The van der Waals surface area contributed by atoms with Crippen LogP contribution in [0.3, 0.4) is 0 Å². The number of aliphatic hydroxyl groups excluding tert-OH is 1. The van der Waals surface area contributed by atoms with Crippen molar-refractivity contribution in [1.29, 1.82) is 0 Å². The summed E-state index contributed by atoms with van der Waals surface area (Å²) in [7, 11) is -3.26. The van der Waals surface area contributed by atoms with Crippen LogP contribution in [0.2, 0.25) is 0 Å². The van der Waals surface area contributed by atoms with Crippen molar-refractivity contribution in [3.05, 3.63) is 29.8 Å². The monoisotopic (exact) mass is 277 g/mol. The Morgan fingerprint density at radius 1 is 1.35 bits per heavy atom. The van der Waals surface area contributed by atoms with E-state index in [1.807, 2.05) is 0 Å². The van der Waals surface area contributed by atoms with Gasteiger partial charge in [-0.15, -0.1) is 11.6 Å². The minimum atomic E-state index is -3.26. The smallest absolute Gasteiger partial charge is 0.232 e. The molecule has 96 valence electrons. The minimum Gasteiger partial charge on any atom is -0.387 e. The van der Waals surface area contributed by atoms with Crippen LogP contribution in [0.4, 0.5) is 5.69 Å². The number of sulfonamides is 1. The molecule has 0 heterocycles. The number of hydrogen-bond acceptors (Lipinski definition) is 3. The fourth-order valence-electron chi connectivity index (χ4n) is 1.56. The van der Waals surface area contributed by atoms with Gasteiger partial charge in [-0.2, -0.15) is 0 Å². The van der Waals surface area contributed by atoms with Gasteiger partial charge in [0.1, 0.15) is 0 Å². The standard InChI is InChI=1S/C11H16ClNO3S/c1-3-13(17(2,15)16)10-6-4-9(5-7-10)11(14)8-12/h4-7,11,14H,3,8H2,1-2H3. The first-order valence-electron chi connectivity index (χ1n) is 5.21. The average Bonchev–Trinajstić information content (AvgIpc) is 2.28. The van der Waals surface area contributed by atoms with E-state index in [4.69, 9.17) is 11.6 Å². The molecule has 0 aliphatic heterocycles. The Labute approximate surface area is 107 Å². The molecule has 0 fully saturated rings. The van der Waals surface area contributed by atoms with Gasteiger partial charge in [0.2, 0.25) is 10.0 Å². The van der Waals surface area contributed by atoms with Crippen molar-refractivity contribution in [2.45, 2.75) is 13.0 Å². The molecule has 0 saturated heterocycles. The van der Waals surface area contributed by atoms with Crippen molar-refractivity contribution in [2.24, 2.45) is 0 Å². The molecule has 1 rings (SSSR count). The molecule has 0 amide bonds. The number of anilines is 1. The molecule has 0 aromatic heterocycles. The maximum absolute atomic E-state index is 11.5. The molecule has 1 N–H and O–H groups in total. The number of aliphatic hydroxyl groups is 1. The molecule has 0 aliphatic carbocycles. The first-order valence-corrected chi connectivity index (χ1v) is 7.60. The first-order chi connectivity index (χ1) is 7.90. The summed E-state index contributed by atoms with van der Waals surface area (Å²) in [5, 5.41) is 9.51. The molecular weight excluding hydrogens is 262 g/mol. The van der Waals surface area contributed by atoms with Crippen molar-refractivity contribution in [3.63, 3.8) is 0 Å². The van der Waals surface area contributed by atoms with E-state index in [1.54, 1.807) is 31.2 Å². The molecule has 0 bridgehead atoms. The highest BCUT2D eigenvalue weighted by Crippen LogP contribution is 2.21. The van der Waals surface area contributed by atoms with Crippen LogP contribution in [0.5, 0.6) is 0 Å². The highest BCUT2D eigenvalue weighted by molar-refractivity contribution is 7.92. The Morgan fingerprint density at radius 3 is 2.24 bits per heavy atom. The Balaban J connectivity index is 3.01. The van der Waals surface area contributed by atoms with Gasteiger partial charge in [-0.25, -0.2) is 8.42 Å². The fourth-order valence-corrected chi connectivity index (χ4v) is 2.71. The van der Waals surface area contributed by atoms with Gasteiger partial charge in [0, 0.05) is 6.54 Å². The number of rotatable bonds is 5. The van der Waals surface area contributed by atoms with Crippen LogP contribution < -0.4 is 4.31 Å². The van der Waals surface area contributed by atoms with Crippen molar-refractivity contribution >= 4 is 27.3 Å². The van der Waals surface area contributed by atoms with Crippen LogP contribution >= 0.6 is 11.6 Å². The zero-order valence-electron chi connectivity index (χ0n) is 9.80. The third kappa shape index (κ3) is 3.59. The summed E-state index contributed by atoms with van der Waals surface area (Å²) in [4.78, 5) is 0. The molecule has 17 heavy (non-hydrogen) atoms. The second-order valence-electron chi connectivity index (χ2n) is 3.69. The zero-order valence-corrected chi connectivity index (χ0v) is 11.4. The first kappa shape index (κ1) is 14.3. The van der Waals surface area contributed by atoms with E-state index in [0.29, 0.717) is 17.8 Å². The molecule has 1 aromatic rings. The fraction of sp³-hybridized carbons (Fsp3) is 0.455. The van der Waals surface area contributed by atoms with E-state index in [9.17, 15) is 13.5 Å². The summed E-state index contributed by atoms with van der Waals surface area (Å²) < 4.78 is 24.3. The predicted molar refractivity (Wildman–Crippen MR) is 70.0 cm³/mol. The van der Waals surface area contributed by atoms with Gasteiger partial charge in [0.05, 0.1) is 23.9 Å². The van der Waals surface area contributed by atoms with E-state index >= 15 is 0 Å². The molecule has 0 saturated carbocycles. The minimum absolute atomic E-state index is 0.114. The molecule has 0 radical (unpaired) electrons. The van der Waals surface area contributed by atoms with Crippen LogP contribution in [0.25, 0.3) is 0 Å². The molecule has 0 spiro atoms. The number of hydrogen-bond donors (Lipinski definition) is 1. The van der Waals surface area contributed by atoms with E-state index in [-0.39, 0.29) is 5.88 Å². The second-order valence-corrected chi connectivity index (χ2v) is 5.90. The topological polar surface area (TPSA) is 57.6 Å². The van der Waals surface area contributed by atoms with Crippen LogP contribution in [0.1, 0.15) is 18.6 Å². The molecule has 1 aromatic carbocycles. The van der Waals surface area contributed by atoms with Crippen LogP contribution in [0, 0.1) is 0 Å². The number of nitrogens with zero attached hydrogens (tertiary/aromatic N) is 1. The maximum Gasteiger partial charge on any atom is 0.232 e. The van der Waals surface area contributed by atoms with Gasteiger partial charge < -0.3 is 5.11 Å². The van der Waals surface area contributed by atoms with Gasteiger partial charge in [-0.3, -0.25) is 4.31 Å². The quantitative estimate of drug-likeness (QED) is 0.834. The molecule has 4 nitrogen and oxygen atoms in total. The molecule has 6 heteroatoms. The molecular formula is C11H16ClNO3S. The molecule has 1 unspecified atom stereocenters. The third-order valence-electron chi connectivity index (χ3n) is 2.40. The van der Waals surface area contributed by atoms with Crippen molar-refractivity contribution in [1.82, 2.24) is 0 Å². The summed E-state index contributed by atoms with van der Waals surface area (Å²) in [6, 6.07) is 6.68. The van der Waals surface area contributed by atoms with Crippen LogP contribution in [-0.2, 0) is 10.0 Å². The normalized spacial score (nSPS) is 13.4. The summed E-state index contributed by atoms with van der Waals surface area (Å²) in [5.74, 6) is 0.114. The number of benzene rings is 1. The van der Waals surface area contributed by atoms with Gasteiger partial charge in [0.15, 0.2) is 0 Å². The molecule has 0 aliphatic rings. The van der Waals surface area contributed by atoms with Crippen molar-refractivity contribution in [2.75, 3.05) is 23.0 Å². The largest absolute Gasteiger partial charge is 0.387 e. The van der Waals surface area contributed by atoms with Gasteiger partial charge >= 0.3 is 0 Å². The number of halogens is 1. The zero-order chi connectivity index (χ0) is 13.1. The summed E-state index contributed by atoms with van der Waals surface area (Å²) >= 11 is 5.53. The van der Waals surface area contributed by atoms with Gasteiger partial charge in [-0.1, -0.05) is 12.1 Å². The lowest BCUT2D eigenvalue weighted by atomic mass is 10.1. The Hall–Kier alpha value is -0.780. The summed E-state index contributed by atoms with van der Waals surface area (Å²) in [6.45, 7) is 2.14. The Morgan fingerprint density at radius 2 is 1.88 bits per heavy atom. The van der Waals surface area contributed by atoms with Crippen LogP contribution in [0.15, 0.2) is 24.3 Å². The van der Waals surface area contributed by atoms with E-state index in [2.05, 4.69) is 0 Å².